The van der Waals surface area contributed by atoms with Crippen LogP contribution in [-0.4, -0.2) is 24.8 Å². The molecule has 0 fully saturated rings. The van der Waals surface area contributed by atoms with Crippen LogP contribution in [0.25, 0.3) is 11.3 Å². The average molecular weight is 409 g/mol. The molecule has 7 heteroatoms. The highest BCUT2D eigenvalue weighted by Gasteiger charge is 2.30. The summed E-state index contributed by atoms with van der Waals surface area (Å²) in [5, 5.41) is 17.4. The summed E-state index contributed by atoms with van der Waals surface area (Å²) in [6, 6.07) is 14.4. The van der Waals surface area contributed by atoms with Crippen LogP contribution in [0.15, 0.2) is 54.4 Å². The quantitative estimate of drug-likeness (QED) is 0.481. The molecule has 2 aromatic carbocycles. The summed E-state index contributed by atoms with van der Waals surface area (Å²) in [6.07, 6.45) is 4.15. The van der Waals surface area contributed by atoms with Gasteiger partial charge in [-0.05, 0) is 54.8 Å². The number of nitrogens with zero attached hydrogens (tertiary/aromatic N) is 1. The number of hydrazine groups is 2. The van der Waals surface area contributed by atoms with Gasteiger partial charge in [0.1, 0.15) is 0 Å². The molecule has 2 aliphatic rings. The maximum atomic E-state index is 7.78. The van der Waals surface area contributed by atoms with Crippen molar-refractivity contribution in [1.29, 1.82) is 5.41 Å². The molecule has 0 bridgehead atoms. The fourth-order valence-electron chi connectivity index (χ4n) is 3.90. The Labute approximate surface area is 176 Å². The van der Waals surface area contributed by atoms with Crippen molar-refractivity contribution in [1.82, 2.24) is 21.3 Å². The molecule has 1 unspecified atom stereocenters. The van der Waals surface area contributed by atoms with Crippen LogP contribution in [0.1, 0.15) is 36.1 Å². The van der Waals surface area contributed by atoms with Crippen molar-refractivity contribution in [2.24, 2.45) is 0 Å². The fourth-order valence-corrected chi connectivity index (χ4v) is 4.03. The van der Waals surface area contributed by atoms with Crippen LogP contribution in [0.4, 0.5) is 5.69 Å². The molecule has 0 saturated carbocycles. The van der Waals surface area contributed by atoms with Crippen LogP contribution in [-0.2, 0) is 0 Å². The molecule has 0 aromatic heterocycles. The monoisotopic (exact) mass is 408 g/mol. The van der Waals surface area contributed by atoms with E-state index in [0.29, 0.717) is 0 Å². The first-order chi connectivity index (χ1) is 14.1. The molecule has 2 heterocycles. The largest absolute Gasteiger partial charge is 0.393 e. The number of fused-ring (bicyclic) bond motifs is 3. The number of hydrogen-bond acceptors (Lipinski definition) is 6. The van der Waals surface area contributed by atoms with Gasteiger partial charge in [0.05, 0.1) is 17.4 Å². The third kappa shape index (κ3) is 3.81. The third-order valence-corrected chi connectivity index (χ3v) is 5.55. The van der Waals surface area contributed by atoms with Crippen LogP contribution in [0.3, 0.4) is 0 Å². The number of allylic oxidation sites excluding steroid dienone is 2. The number of rotatable bonds is 5. The molecule has 4 rings (SSSR count). The lowest BCUT2D eigenvalue weighted by Gasteiger charge is -2.21. The zero-order valence-electron chi connectivity index (χ0n) is 16.5. The highest BCUT2D eigenvalue weighted by Crippen LogP contribution is 2.38. The molecular weight excluding hydrogens is 384 g/mol. The molecular formula is C22H25ClN6. The first-order valence-corrected chi connectivity index (χ1v) is 10.0. The van der Waals surface area contributed by atoms with Gasteiger partial charge < -0.3 is 21.5 Å². The van der Waals surface area contributed by atoms with Crippen molar-refractivity contribution in [3.8, 4) is 0 Å². The van der Waals surface area contributed by atoms with Gasteiger partial charge in [0.2, 0.25) is 0 Å². The minimum atomic E-state index is 0.125. The van der Waals surface area contributed by atoms with E-state index in [9.17, 15) is 0 Å². The van der Waals surface area contributed by atoms with E-state index in [0.717, 1.165) is 40.5 Å². The van der Waals surface area contributed by atoms with Crippen LogP contribution in [0.2, 0.25) is 5.02 Å². The lowest BCUT2D eigenvalue weighted by molar-refractivity contribution is 0.281. The van der Waals surface area contributed by atoms with E-state index in [1.54, 1.807) is 0 Å². The Morgan fingerprint density at radius 2 is 2.03 bits per heavy atom. The Hall–Kier alpha value is -2.96. The lowest BCUT2D eigenvalue weighted by Crippen LogP contribution is -2.37. The predicted molar refractivity (Wildman–Crippen MR) is 120 cm³/mol. The molecule has 0 spiro atoms. The molecule has 150 valence electrons. The van der Waals surface area contributed by atoms with Gasteiger partial charge in [0.15, 0.2) is 0 Å². The van der Waals surface area contributed by atoms with Crippen LogP contribution in [0, 0.1) is 5.41 Å². The SMILES string of the molecule is CN/C=C(\C=N)c1ccc2c(c1)C(Nc1ccc(Cl)cc1)CCN1NNC(C)=C21. The molecule has 5 N–H and O–H groups in total. The molecule has 0 amide bonds. The average Bonchev–Trinajstić information content (AvgIpc) is 3.02. The van der Waals surface area contributed by atoms with Crippen LogP contribution < -0.4 is 21.6 Å². The smallest absolute Gasteiger partial charge is 0.0814 e. The Bertz CT molecular complexity index is 979. The summed E-state index contributed by atoms with van der Waals surface area (Å²) in [7, 11) is 1.85. The fraction of sp³-hybridized carbons (Fsp3) is 0.227. The molecule has 1 atom stereocenters. The zero-order valence-corrected chi connectivity index (χ0v) is 17.3. The van der Waals surface area contributed by atoms with E-state index in [1.807, 2.05) is 37.5 Å². The molecule has 2 aromatic rings. The molecule has 29 heavy (non-hydrogen) atoms. The predicted octanol–water partition coefficient (Wildman–Crippen LogP) is 4.12. The van der Waals surface area contributed by atoms with Gasteiger partial charge in [-0.15, -0.1) is 5.53 Å². The van der Waals surface area contributed by atoms with Gasteiger partial charge in [0, 0.05) is 47.9 Å². The summed E-state index contributed by atoms with van der Waals surface area (Å²) in [6.45, 7) is 2.94. The van der Waals surface area contributed by atoms with E-state index in [-0.39, 0.29) is 6.04 Å². The van der Waals surface area contributed by atoms with E-state index in [4.69, 9.17) is 17.0 Å². The molecule has 2 aliphatic heterocycles. The van der Waals surface area contributed by atoms with Crippen LogP contribution >= 0.6 is 11.6 Å². The highest BCUT2D eigenvalue weighted by atomic mass is 35.5. The summed E-state index contributed by atoms with van der Waals surface area (Å²) in [5.74, 6) is 0. The second-order valence-corrected chi connectivity index (χ2v) is 7.63. The van der Waals surface area contributed by atoms with E-state index >= 15 is 0 Å². The summed E-state index contributed by atoms with van der Waals surface area (Å²) in [5.41, 5.74) is 14.0. The molecule has 6 nitrogen and oxygen atoms in total. The van der Waals surface area contributed by atoms with E-state index in [2.05, 4.69) is 51.7 Å². The maximum absolute atomic E-state index is 7.78. The Morgan fingerprint density at radius 1 is 1.24 bits per heavy atom. The number of anilines is 1. The first kappa shape index (κ1) is 19.4. The molecule has 0 saturated heterocycles. The Balaban J connectivity index is 1.80. The Kier molecular flexibility index (Phi) is 5.47. The van der Waals surface area contributed by atoms with Gasteiger partial charge in [-0.1, -0.05) is 23.7 Å². The van der Waals surface area contributed by atoms with Gasteiger partial charge in [-0.25, -0.2) is 0 Å². The summed E-state index contributed by atoms with van der Waals surface area (Å²) >= 11 is 6.05. The molecule has 0 radical (unpaired) electrons. The first-order valence-electron chi connectivity index (χ1n) is 9.65. The highest BCUT2D eigenvalue weighted by molar-refractivity contribution is 6.30. The van der Waals surface area contributed by atoms with Gasteiger partial charge in [-0.2, -0.15) is 0 Å². The zero-order chi connectivity index (χ0) is 20.4. The maximum Gasteiger partial charge on any atom is 0.0814 e. The lowest BCUT2D eigenvalue weighted by atomic mass is 9.92. The number of nitrogens with one attached hydrogen (secondary N) is 5. The number of benzene rings is 2. The van der Waals surface area contributed by atoms with Crippen molar-refractivity contribution < 1.29 is 0 Å². The third-order valence-electron chi connectivity index (χ3n) is 5.30. The van der Waals surface area contributed by atoms with Gasteiger partial charge in [0.25, 0.3) is 0 Å². The van der Waals surface area contributed by atoms with E-state index < -0.39 is 0 Å². The number of halogens is 1. The minimum Gasteiger partial charge on any atom is -0.393 e. The standard InChI is InChI=1S/C22H25ClN6/c1-14-22-19-8-3-15(16(12-24)13-25-2)11-20(19)21(9-10-29(22)28-27-14)26-18-6-4-17(23)5-7-18/h3-8,11-13,21,24-28H,9-10H2,1-2H3/b16-13+,24-12?. The minimum absolute atomic E-state index is 0.125. The van der Waals surface area contributed by atoms with Crippen LogP contribution in [0.5, 0.6) is 0 Å². The number of hydrogen-bond donors (Lipinski definition) is 5. The summed E-state index contributed by atoms with van der Waals surface area (Å²) < 4.78 is 0. The summed E-state index contributed by atoms with van der Waals surface area (Å²) in [4.78, 5) is 0. The van der Waals surface area contributed by atoms with Crippen molar-refractivity contribution in [2.75, 3.05) is 18.9 Å². The van der Waals surface area contributed by atoms with Crippen molar-refractivity contribution >= 4 is 34.8 Å². The second-order valence-electron chi connectivity index (χ2n) is 7.19. The van der Waals surface area contributed by atoms with Crippen molar-refractivity contribution in [3.05, 3.63) is 76.1 Å². The van der Waals surface area contributed by atoms with Gasteiger partial charge in [-0.3, -0.25) is 5.01 Å². The Morgan fingerprint density at radius 3 is 2.76 bits per heavy atom. The van der Waals surface area contributed by atoms with E-state index in [1.165, 1.54) is 23.0 Å². The second kappa shape index (κ2) is 8.19. The normalized spacial score (nSPS) is 18.5. The van der Waals surface area contributed by atoms with Crippen molar-refractivity contribution in [2.45, 2.75) is 19.4 Å². The topological polar surface area (TPSA) is 75.2 Å². The van der Waals surface area contributed by atoms with Crippen molar-refractivity contribution in [3.63, 3.8) is 0 Å². The molecule has 0 aliphatic carbocycles. The van der Waals surface area contributed by atoms with Gasteiger partial charge >= 0.3 is 0 Å².